The van der Waals surface area contributed by atoms with E-state index < -0.39 is 10.0 Å². The van der Waals surface area contributed by atoms with Gasteiger partial charge in [0, 0.05) is 24.8 Å². The van der Waals surface area contributed by atoms with Gasteiger partial charge in [0.15, 0.2) is 11.5 Å². The van der Waals surface area contributed by atoms with Crippen molar-refractivity contribution in [3.05, 3.63) is 48.5 Å². The fraction of sp³-hybridized carbons (Fsp3) is 0.368. The molecule has 0 amide bonds. The molecule has 7 heteroatoms. The first kappa shape index (κ1) is 17.2. The van der Waals surface area contributed by atoms with Gasteiger partial charge in [-0.25, -0.2) is 13.1 Å². The maximum Gasteiger partial charge on any atom is 0.244 e. The van der Waals surface area contributed by atoms with Crippen molar-refractivity contribution in [1.82, 2.24) is 4.72 Å². The summed E-state index contributed by atoms with van der Waals surface area (Å²) in [5.74, 6) is 0.788. The Morgan fingerprint density at radius 2 is 1.81 bits per heavy atom. The molecule has 138 valence electrons. The van der Waals surface area contributed by atoms with Crippen LogP contribution >= 0.6 is 0 Å². The lowest BCUT2D eigenvalue weighted by Crippen LogP contribution is -2.47. The second-order valence-electron chi connectivity index (χ2n) is 6.52. The van der Waals surface area contributed by atoms with E-state index in [0.29, 0.717) is 31.3 Å². The number of hydrogen-bond acceptors (Lipinski definition) is 5. The summed E-state index contributed by atoms with van der Waals surface area (Å²) in [7, 11) is -3.69. The molecule has 1 fully saturated rings. The molecule has 1 N–H and O–H groups in total. The quantitative estimate of drug-likeness (QED) is 0.890. The average molecular weight is 374 g/mol. The summed E-state index contributed by atoms with van der Waals surface area (Å²) < 4.78 is 39.8. The summed E-state index contributed by atoms with van der Waals surface area (Å²) in [6.45, 7) is 2.36. The van der Waals surface area contributed by atoms with Gasteiger partial charge in [-0.2, -0.15) is 0 Å². The lowest BCUT2D eigenvalue weighted by molar-refractivity contribution is 0.167. The lowest BCUT2D eigenvalue weighted by Gasteiger charge is -2.34. The van der Waals surface area contributed by atoms with E-state index in [1.54, 1.807) is 18.2 Å². The predicted octanol–water partition coefficient (Wildman–Crippen LogP) is 2.41. The van der Waals surface area contributed by atoms with Crippen LogP contribution in [0, 0.1) is 0 Å². The molecule has 2 aliphatic heterocycles. The summed E-state index contributed by atoms with van der Waals surface area (Å²) in [5.41, 5.74) is 1.12. The van der Waals surface area contributed by atoms with E-state index in [9.17, 15) is 8.42 Å². The molecular weight excluding hydrogens is 352 g/mol. The monoisotopic (exact) mass is 374 g/mol. The second kappa shape index (κ2) is 7.17. The molecule has 0 aliphatic carbocycles. The third-order valence-corrected chi connectivity index (χ3v) is 6.23. The molecule has 6 nitrogen and oxygen atoms in total. The third kappa shape index (κ3) is 3.50. The molecular formula is C19H22N2O4S. The van der Waals surface area contributed by atoms with Gasteiger partial charge in [-0.05, 0) is 37.1 Å². The number of ether oxygens (including phenoxy) is 2. The fourth-order valence-corrected chi connectivity index (χ4v) is 4.91. The Morgan fingerprint density at radius 3 is 2.65 bits per heavy atom. The van der Waals surface area contributed by atoms with Gasteiger partial charge in [0.1, 0.15) is 18.1 Å². The number of fused-ring (bicyclic) bond motifs is 1. The van der Waals surface area contributed by atoms with Gasteiger partial charge in [0.2, 0.25) is 10.0 Å². The first-order chi connectivity index (χ1) is 12.6. The van der Waals surface area contributed by atoms with E-state index in [2.05, 4.69) is 21.8 Å². The lowest BCUT2D eigenvalue weighted by atomic mass is 10.1. The standard InChI is InChI=1S/C19H22N2O4S/c22-26(23,18-10-4-9-17-19(18)25-13-12-24-17)20-15-6-5-11-21(14-15)16-7-2-1-3-8-16/h1-4,7-10,15,20H,5-6,11-14H2/t15-/m1/s1. The Kier molecular flexibility index (Phi) is 4.74. The fourth-order valence-electron chi connectivity index (χ4n) is 3.49. The van der Waals surface area contributed by atoms with E-state index in [4.69, 9.17) is 9.47 Å². The van der Waals surface area contributed by atoms with E-state index in [1.165, 1.54) is 0 Å². The van der Waals surface area contributed by atoms with Crippen molar-refractivity contribution in [2.24, 2.45) is 0 Å². The Balaban J connectivity index is 1.53. The van der Waals surface area contributed by atoms with E-state index in [1.807, 2.05) is 18.2 Å². The molecule has 2 aliphatic rings. The molecule has 0 radical (unpaired) electrons. The highest BCUT2D eigenvalue weighted by Gasteiger charge is 2.29. The number of rotatable bonds is 4. The highest BCUT2D eigenvalue weighted by atomic mass is 32.2. The van der Waals surface area contributed by atoms with Crippen LogP contribution in [0.15, 0.2) is 53.4 Å². The summed E-state index contributed by atoms with van der Waals surface area (Å²) >= 11 is 0. The topological polar surface area (TPSA) is 67.9 Å². The molecule has 2 aromatic rings. The number of anilines is 1. The molecule has 26 heavy (non-hydrogen) atoms. The molecule has 0 spiro atoms. The van der Waals surface area contributed by atoms with Gasteiger partial charge in [0.25, 0.3) is 0 Å². The molecule has 0 aromatic heterocycles. The third-order valence-electron chi connectivity index (χ3n) is 4.68. The molecule has 4 rings (SSSR count). The number of sulfonamides is 1. The predicted molar refractivity (Wildman–Crippen MR) is 99.4 cm³/mol. The van der Waals surface area contributed by atoms with Gasteiger partial charge in [0.05, 0.1) is 0 Å². The largest absolute Gasteiger partial charge is 0.486 e. The van der Waals surface area contributed by atoms with Crippen molar-refractivity contribution in [3.8, 4) is 11.5 Å². The van der Waals surface area contributed by atoms with Crippen LogP contribution in [-0.4, -0.2) is 40.8 Å². The van der Waals surface area contributed by atoms with Crippen molar-refractivity contribution in [2.75, 3.05) is 31.2 Å². The van der Waals surface area contributed by atoms with Crippen molar-refractivity contribution in [3.63, 3.8) is 0 Å². The van der Waals surface area contributed by atoms with Gasteiger partial charge >= 0.3 is 0 Å². The zero-order chi connectivity index (χ0) is 18.0. The van der Waals surface area contributed by atoms with E-state index in [-0.39, 0.29) is 10.9 Å². The van der Waals surface area contributed by atoms with Gasteiger partial charge in [-0.3, -0.25) is 0 Å². The molecule has 0 saturated carbocycles. The SMILES string of the molecule is O=S(=O)(N[C@@H]1CCCN(c2ccccc2)C1)c1cccc2c1OCCO2. The Morgan fingerprint density at radius 1 is 1.00 bits per heavy atom. The van der Waals surface area contributed by atoms with Crippen LogP contribution in [0.5, 0.6) is 11.5 Å². The number of nitrogens with one attached hydrogen (secondary N) is 1. The van der Waals surface area contributed by atoms with E-state index >= 15 is 0 Å². The zero-order valence-electron chi connectivity index (χ0n) is 14.4. The molecule has 2 heterocycles. The summed E-state index contributed by atoms with van der Waals surface area (Å²) in [6, 6.07) is 14.9. The van der Waals surface area contributed by atoms with Crippen LogP contribution in [-0.2, 0) is 10.0 Å². The van der Waals surface area contributed by atoms with Crippen LogP contribution < -0.4 is 19.1 Å². The first-order valence-electron chi connectivity index (χ1n) is 8.84. The van der Waals surface area contributed by atoms with Crippen molar-refractivity contribution in [2.45, 2.75) is 23.8 Å². The number of para-hydroxylation sites is 2. The van der Waals surface area contributed by atoms with Crippen LogP contribution in [0.2, 0.25) is 0 Å². The van der Waals surface area contributed by atoms with Crippen molar-refractivity contribution >= 4 is 15.7 Å². The Labute approximate surface area is 153 Å². The van der Waals surface area contributed by atoms with Gasteiger partial charge in [-0.15, -0.1) is 0 Å². The highest BCUT2D eigenvalue weighted by Crippen LogP contribution is 2.36. The number of benzene rings is 2. The first-order valence-corrected chi connectivity index (χ1v) is 10.3. The summed E-state index contributed by atoms with van der Waals surface area (Å²) in [5, 5.41) is 0. The van der Waals surface area contributed by atoms with Gasteiger partial charge in [-0.1, -0.05) is 24.3 Å². The zero-order valence-corrected chi connectivity index (χ0v) is 15.2. The molecule has 2 aromatic carbocycles. The highest BCUT2D eigenvalue weighted by molar-refractivity contribution is 7.89. The number of nitrogens with zero attached hydrogens (tertiary/aromatic N) is 1. The van der Waals surface area contributed by atoms with Crippen LogP contribution in [0.3, 0.4) is 0 Å². The van der Waals surface area contributed by atoms with Crippen LogP contribution in [0.1, 0.15) is 12.8 Å². The molecule has 0 bridgehead atoms. The summed E-state index contributed by atoms with van der Waals surface area (Å²) in [6.07, 6.45) is 1.75. The maximum absolute atomic E-state index is 13.0. The van der Waals surface area contributed by atoms with E-state index in [0.717, 1.165) is 25.1 Å². The van der Waals surface area contributed by atoms with Crippen molar-refractivity contribution in [1.29, 1.82) is 0 Å². The average Bonchev–Trinajstić information content (AvgIpc) is 2.68. The molecule has 1 saturated heterocycles. The maximum atomic E-state index is 13.0. The minimum absolute atomic E-state index is 0.144. The van der Waals surface area contributed by atoms with Crippen LogP contribution in [0.4, 0.5) is 5.69 Å². The van der Waals surface area contributed by atoms with Crippen molar-refractivity contribution < 1.29 is 17.9 Å². The number of piperidine rings is 1. The van der Waals surface area contributed by atoms with Gasteiger partial charge < -0.3 is 14.4 Å². The normalized spacial score (nSPS) is 20.0. The minimum Gasteiger partial charge on any atom is -0.486 e. The Bertz CT molecular complexity index is 870. The molecule has 0 unspecified atom stereocenters. The molecule has 1 atom stereocenters. The Hall–Kier alpha value is -2.25. The number of hydrogen-bond donors (Lipinski definition) is 1. The minimum atomic E-state index is -3.69. The summed E-state index contributed by atoms with van der Waals surface area (Å²) in [4.78, 5) is 2.36. The second-order valence-corrected chi connectivity index (χ2v) is 8.20. The van der Waals surface area contributed by atoms with Crippen LogP contribution in [0.25, 0.3) is 0 Å². The smallest absolute Gasteiger partial charge is 0.244 e.